The molecule has 0 saturated heterocycles. The molecule has 0 atom stereocenters. The molecule has 1 aromatic heterocycles. The smallest absolute Gasteiger partial charge is 0.0894 e. The van der Waals surface area contributed by atoms with Crippen LogP contribution in [0.5, 0.6) is 0 Å². The van der Waals surface area contributed by atoms with Crippen LogP contribution in [-0.4, -0.2) is 0 Å². The first-order valence-corrected chi connectivity index (χ1v) is 7.23. The van der Waals surface area contributed by atoms with Crippen molar-refractivity contribution >= 4 is 28.7 Å². The summed E-state index contributed by atoms with van der Waals surface area (Å²) in [5.74, 6) is 1.15. The van der Waals surface area contributed by atoms with E-state index in [-0.39, 0.29) is 12.4 Å². The van der Waals surface area contributed by atoms with E-state index in [0.717, 1.165) is 5.00 Å². The van der Waals surface area contributed by atoms with Crippen molar-refractivity contribution in [2.75, 3.05) is 5.73 Å². The normalized spacial score (nSPS) is 8.82. The summed E-state index contributed by atoms with van der Waals surface area (Å²) in [4.78, 5) is 1.40. The van der Waals surface area contributed by atoms with Crippen molar-refractivity contribution in [2.45, 2.75) is 67.2 Å². The summed E-state index contributed by atoms with van der Waals surface area (Å²) < 4.78 is 0. The molecule has 0 aromatic carbocycles. The number of hydrogen-bond acceptors (Lipinski definition) is 2. The molecule has 17 heavy (non-hydrogen) atoms. The predicted molar refractivity (Wildman–Crippen MR) is 86.9 cm³/mol. The zero-order chi connectivity index (χ0) is 13.3. The summed E-state index contributed by atoms with van der Waals surface area (Å²) in [6.45, 7) is 16.8. The van der Waals surface area contributed by atoms with Gasteiger partial charge in [0.15, 0.2) is 0 Å². The molecule has 0 aliphatic heterocycles. The van der Waals surface area contributed by atoms with Gasteiger partial charge < -0.3 is 5.73 Å². The molecular weight excluding hydrogens is 250 g/mol. The van der Waals surface area contributed by atoms with Crippen molar-refractivity contribution in [3.05, 3.63) is 16.5 Å². The van der Waals surface area contributed by atoms with Crippen LogP contribution in [0.2, 0.25) is 0 Å². The number of hydrogen-bond donors (Lipinski definition) is 1. The molecule has 0 amide bonds. The van der Waals surface area contributed by atoms with Gasteiger partial charge in [0, 0.05) is 4.88 Å². The molecule has 1 aromatic rings. The lowest BCUT2D eigenvalue weighted by Gasteiger charge is -2.01. The zero-order valence-corrected chi connectivity index (χ0v) is 14.3. The molecule has 1 rings (SSSR count). The Hall–Kier alpha value is -0.210. The average molecular weight is 280 g/mol. The van der Waals surface area contributed by atoms with Crippen LogP contribution < -0.4 is 5.73 Å². The largest absolute Gasteiger partial charge is 0.390 e. The highest BCUT2D eigenvalue weighted by molar-refractivity contribution is 7.16. The molecule has 0 aliphatic rings. The summed E-state index contributed by atoms with van der Waals surface area (Å²) in [7, 11) is 0. The van der Waals surface area contributed by atoms with E-state index in [1.54, 1.807) is 11.3 Å². The van der Waals surface area contributed by atoms with Crippen LogP contribution in [0.25, 0.3) is 0 Å². The van der Waals surface area contributed by atoms with E-state index in [1.807, 2.05) is 27.7 Å². The lowest BCUT2D eigenvalue weighted by molar-refractivity contribution is 0.857. The van der Waals surface area contributed by atoms with Crippen molar-refractivity contribution in [2.24, 2.45) is 0 Å². The minimum Gasteiger partial charge on any atom is -0.390 e. The average Bonchev–Trinajstić information content (AvgIpc) is 2.66. The number of rotatable bonds is 2. The molecule has 0 bridgehead atoms. The molecule has 104 valence electrons. The Morgan fingerprint density at radius 1 is 0.941 bits per heavy atom. The Morgan fingerprint density at radius 2 is 1.35 bits per heavy atom. The van der Waals surface area contributed by atoms with Crippen LogP contribution in [0.4, 0.5) is 5.00 Å². The van der Waals surface area contributed by atoms with Gasteiger partial charge in [-0.15, -0.1) is 23.7 Å². The topological polar surface area (TPSA) is 26.0 Å². The van der Waals surface area contributed by atoms with Crippen LogP contribution in [0.15, 0.2) is 6.07 Å². The van der Waals surface area contributed by atoms with E-state index in [4.69, 9.17) is 5.73 Å². The van der Waals surface area contributed by atoms with Gasteiger partial charge in [-0.2, -0.15) is 0 Å². The lowest BCUT2D eigenvalue weighted by Crippen LogP contribution is -1.89. The zero-order valence-electron chi connectivity index (χ0n) is 12.6. The summed E-state index contributed by atoms with van der Waals surface area (Å²) in [6, 6.07) is 2.25. The maximum Gasteiger partial charge on any atom is 0.0894 e. The second kappa shape index (κ2) is 12.3. The highest BCUT2D eigenvalue weighted by Gasteiger charge is 2.10. The molecular formula is C14H30ClNS. The summed E-state index contributed by atoms with van der Waals surface area (Å²) in [6.07, 6.45) is 0. The fourth-order valence-corrected chi connectivity index (χ4v) is 2.26. The maximum absolute atomic E-state index is 5.90. The first kappa shape index (κ1) is 22.0. The second-order valence-corrected chi connectivity index (χ2v) is 4.89. The van der Waals surface area contributed by atoms with Gasteiger partial charge in [0.1, 0.15) is 0 Å². The van der Waals surface area contributed by atoms with Crippen LogP contribution in [-0.2, 0) is 0 Å². The molecule has 1 nitrogen and oxygen atoms in total. The number of thiophene rings is 1. The number of nitrogen functional groups attached to an aromatic ring is 1. The highest BCUT2D eigenvalue weighted by atomic mass is 35.5. The van der Waals surface area contributed by atoms with E-state index in [2.05, 4.69) is 33.8 Å². The SMILES string of the molecule is CC.CC.CC(C)c1cc(C(C)C)c(N)s1.Cl. The van der Waals surface area contributed by atoms with Gasteiger partial charge in [0.2, 0.25) is 0 Å². The van der Waals surface area contributed by atoms with E-state index in [9.17, 15) is 0 Å². The van der Waals surface area contributed by atoms with Gasteiger partial charge in [-0.05, 0) is 23.5 Å². The monoisotopic (exact) mass is 279 g/mol. The second-order valence-electron chi connectivity index (χ2n) is 3.78. The number of halogens is 1. The van der Waals surface area contributed by atoms with Crippen molar-refractivity contribution in [1.82, 2.24) is 0 Å². The van der Waals surface area contributed by atoms with Crippen LogP contribution in [0.3, 0.4) is 0 Å². The van der Waals surface area contributed by atoms with Gasteiger partial charge in [-0.1, -0.05) is 55.4 Å². The molecule has 0 saturated carbocycles. The van der Waals surface area contributed by atoms with Crippen molar-refractivity contribution in [3.63, 3.8) is 0 Å². The molecule has 0 radical (unpaired) electrons. The molecule has 0 fully saturated rings. The minimum absolute atomic E-state index is 0. The van der Waals surface area contributed by atoms with E-state index < -0.39 is 0 Å². The molecule has 0 aliphatic carbocycles. The van der Waals surface area contributed by atoms with E-state index in [0.29, 0.717) is 11.8 Å². The molecule has 3 heteroatoms. The molecule has 0 unspecified atom stereocenters. The Labute approximate surface area is 118 Å². The van der Waals surface area contributed by atoms with Gasteiger partial charge in [-0.25, -0.2) is 0 Å². The molecule has 2 N–H and O–H groups in total. The van der Waals surface area contributed by atoms with Gasteiger partial charge in [0.05, 0.1) is 5.00 Å². The lowest BCUT2D eigenvalue weighted by atomic mass is 10.0. The summed E-state index contributed by atoms with van der Waals surface area (Å²) in [5, 5.41) is 0.994. The van der Waals surface area contributed by atoms with Crippen LogP contribution >= 0.6 is 23.7 Å². The third kappa shape index (κ3) is 7.67. The minimum atomic E-state index is 0. The fourth-order valence-electron chi connectivity index (χ4n) is 1.18. The Bertz CT molecular complexity index is 267. The standard InChI is InChI=1S/C10H17NS.2C2H6.ClH/c1-6(2)8-5-9(7(3)4)12-10(8)11;2*1-2;/h5-7H,11H2,1-4H3;2*1-2H3;1H. The van der Waals surface area contributed by atoms with Crippen LogP contribution in [0, 0.1) is 0 Å². The van der Waals surface area contributed by atoms with E-state index in [1.165, 1.54) is 10.4 Å². The first-order valence-electron chi connectivity index (χ1n) is 6.41. The van der Waals surface area contributed by atoms with Crippen molar-refractivity contribution < 1.29 is 0 Å². The fraction of sp³-hybridized carbons (Fsp3) is 0.714. The summed E-state index contributed by atoms with van der Waals surface area (Å²) >= 11 is 1.73. The van der Waals surface area contributed by atoms with Crippen molar-refractivity contribution in [3.8, 4) is 0 Å². The maximum atomic E-state index is 5.90. The first-order chi connectivity index (χ1) is 7.52. The number of anilines is 1. The number of nitrogens with two attached hydrogens (primary N) is 1. The van der Waals surface area contributed by atoms with Crippen LogP contribution in [0.1, 0.15) is 77.7 Å². The van der Waals surface area contributed by atoms with Gasteiger partial charge in [-0.3, -0.25) is 0 Å². The van der Waals surface area contributed by atoms with E-state index >= 15 is 0 Å². The quantitative estimate of drug-likeness (QED) is 0.700. The van der Waals surface area contributed by atoms with Gasteiger partial charge in [0.25, 0.3) is 0 Å². The third-order valence-corrected chi connectivity index (χ3v) is 3.28. The Morgan fingerprint density at radius 3 is 1.53 bits per heavy atom. The highest BCUT2D eigenvalue weighted by Crippen LogP contribution is 2.34. The predicted octanol–water partition coefficient (Wildman–Crippen LogP) is 6.05. The molecule has 0 spiro atoms. The summed E-state index contributed by atoms with van der Waals surface area (Å²) in [5.41, 5.74) is 7.21. The van der Waals surface area contributed by atoms with Crippen molar-refractivity contribution in [1.29, 1.82) is 0 Å². The molecule has 1 heterocycles. The van der Waals surface area contributed by atoms with Gasteiger partial charge >= 0.3 is 0 Å². The third-order valence-electron chi connectivity index (χ3n) is 2.00. The Balaban J connectivity index is -0.000000355. The Kier molecular flexibility index (Phi) is 15.9.